The molecule has 0 spiro atoms. The number of amides is 1. The van der Waals surface area contributed by atoms with Crippen LogP contribution >= 0.6 is 11.3 Å². The summed E-state index contributed by atoms with van der Waals surface area (Å²) in [6.45, 7) is 4.90. The fraction of sp³-hybridized carbons (Fsp3) is 0.231. The minimum absolute atomic E-state index is 0.000578. The summed E-state index contributed by atoms with van der Waals surface area (Å²) in [6, 6.07) is 6.90. The van der Waals surface area contributed by atoms with Crippen molar-refractivity contribution in [2.24, 2.45) is 0 Å². The molecule has 9 nitrogen and oxygen atoms in total. The summed E-state index contributed by atoms with van der Waals surface area (Å²) in [5, 5.41) is 21.3. The van der Waals surface area contributed by atoms with Crippen molar-refractivity contribution < 1.29 is 38.5 Å². The first kappa shape index (κ1) is 25.8. The summed E-state index contributed by atoms with van der Waals surface area (Å²) in [5.74, 6) is -3.97. The lowest BCUT2D eigenvalue weighted by atomic mass is 9.95. The van der Waals surface area contributed by atoms with E-state index in [2.05, 4.69) is 4.98 Å². The van der Waals surface area contributed by atoms with E-state index in [-0.39, 0.29) is 39.3 Å². The average Bonchev–Trinajstić information content (AvgIpc) is 3.37. The summed E-state index contributed by atoms with van der Waals surface area (Å²) in [5.41, 5.74) is 0.615. The van der Waals surface area contributed by atoms with Crippen molar-refractivity contribution in [1.29, 1.82) is 0 Å². The van der Waals surface area contributed by atoms with E-state index in [4.69, 9.17) is 9.47 Å². The number of aromatic hydroxyl groups is 1. The standard InChI is InChI=1S/C26H23FN2O7S/c1-5-36-25(34)23-13(3)28-26(37-23)29-20(14-8-9-17(30)18(11-14)35-4)19(22(32)24(29)33)21(31)15-7-6-12(2)16(27)10-15/h6-11,20,30-31H,5H2,1-4H3/t20-/m1/s1. The molecule has 1 aromatic heterocycles. The predicted octanol–water partition coefficient (Wildman–Crippen LogP) is 4.42. The number of aliphatic hydroxyl groups excluding tert-OH is 1. The van der Waals surface area contributed by atoms with E-state index in [1.807, 2.05) is 0 Å². The molecule has 0 aliphatic carbocycles. The van der Waals surface area contributed by atoms with Crippen molar-refractivity contribution >= 4 is 39.9 Å². The van der Waals surface area contributed by atoms with Crippen LogP contribution in [0.4, 0.5) is 9.52 Å². The number of thiazole rings is 1. The van der Waals surface area contributed by atoms with Gasteiger partial charge in [0.15, 0.2) is 16.6 Å². The predicted molar refractivity (Wildman–Crippen MR) is 133 cm³/mol. The Labute approximate surface area is 215 Å². The van der Waals surface area contributed by atoms with Crippen LogP contribution in [0.15, 0.2) is 42.0 Å². The van der Waals surface area contributed by atoms with Crippen molar-refractivity contribution in [3.05, 3.63) is 75.0 Å². The lowest BCUT2D eigenvalue weighted by Crippen LogP contribution is -2.29. The molecule has 1 atom stereocenters. The van der Waals surface area contributed by atoms with E-state index in [9.17, 15) is 29.0 Å². The maximum atomic E-state index is 14.3. The average molecular weight is 527 g/mol. The molecule has 11 heteroatoms. The van der Waals surface area contributed by atoms with Gasteiger partial charge >= 0.3 is 11.9 Å². The molecule has 0 unspecified atom stereocenters. The SMILES string of the molecule is CCOC(=O)c1sc(N2C(=O)C(=O)C(=C(O)c3ccc(C)c(F)c3)[C@H]2c2ccc(O)c(OC)c2)nc1C. The smallest absolute Gasteiger partial charge is 0.350 e. The number of anilines is 1. The highest BCUT2D eigenvalue weighted by molar-refractivity contribution is 7.17. The number of aromatic nitrogens is 1. The zero-order valence-electron chi connectivity index (χ0n) is 20.4. The van der Waals surface area contributed by atoms with E-state index < -0.39 is 35.3 Å². The largest absolute Gasteiger partial charge is 0.507 e. The molecular weight excluding hydrogens is 503 g/mol. The van der Waals surface area contributed by atoms with Gasteiger partial charge < -0.3 is 19.7 Å². The van der Waals surface area contributed by atoms with Gasteiger partial charge in [-0.2, -0.15) is 0 Å². The number of esters is 1. The molecule has 1 aliphatic rings. The third kappa shape index (κ3) is 4.53. The van der Waals surface area contributed by atoms with Gasteiger partial charge in [-0.15, -0.1) is 0 Å². The molecule has 1 amide bonds. The Balaban J connectivity index is 1.95. The molecule has 2 N–H and O–H groups in total. The number of rotatable bonds is 6. The van der Waals surface area contributed by atoms with Gasteiger partial charge in [0.05, 0.1) is 31.0 Å². The number of ether oxygens (including phenoxy) is 2. The van der Waals surface area contributed by atoms with E-state index in [0.717, 1.165) is 22.3 Å². The summed E-state index contributed by atoms with van der Waals surface area (Å²) >= 11 is 0.858. The molecule has 192 valence electrons. The van der Waals surface area contributed by atoms with Crippen molar-refractivity contribution in [2.45, 2.75) is 26.8 Å². The minimum Gasteiger partial charge on any atom is -0.507 e. The highest BCUT2D eigenvalue weighted by Crippen LogP contribution is 2.45. The summed E-state index contributed by atoms with van der Waals surface area (Å²) in [6.07, 6.45) is 0. The molecule has 0 bridgehead atoms. The highest BCUT2D eigenvalue weighted by atomic mass is 32.1. The van der Waals surface area contributed by atoms with Gasteiger partial charge in [-0.3, -0.25) is 14.5 Å². The molecule has 1 aliphatic heterocycles. The van der Waals surface area contributed by atoms with E-state index in [0.29, 0.717) is 16.8 Å². The number of aliphatic hydroxyl groups is 1. The number of hydrogen-bond donors (Lipinski definition) is 2. The number of phenolic OH excluding ortho intramolecular Hbond substituents is 1. The number of benzene rings is 2. The molecular formula is C26H23FN2O7S. The molecule has 0 saturated carbocycles. The fourth-order valence-corrected chi connectivity index (χ4v) is 4.96. The molecule has 2 heterocycles. The lowest BCUT2D eigenvalue weighted by Gasteiger charge is -2.23. The first-order valence-electron chi connectivity index (χ1n) is 11.2. The molecule has 1 saturated heterocycles. The van der Waals surface area contributed by atoms with Gasteiger partial charge in [-0.25, -0.2) is 14.2 Å². The van der Waals surface area contributed by atoms with E-state index in [1.165, 1.54) is 37.4 Å². The van der Waals surface area contributed by atoms with Gasteiger partial charge in [-0.1, -0.05) is 29.5 Å². The van der Waals surface area contributed by atoms with Gasteiger partial charge in [0, 0.05) is 5.56 Å². The molecule has 0 radical (unpaired) electrons. The first-order chi connectivity index (χ1) is 17.6. The normalized spacial score (nSPS) is 16.8. The van der Waals surface area contributed by atoms with E-state index in [1.54, 1.807) is 20.8 Å². The Hall–Kier alpha value is -4.25. The number of nitrogens with zero attached hydrogens (tertiary/aromatic N) is 2. The number of aryl methyl sites for hydroxylation is 2. The van der Waals surface area contributed by atoms with Crippen LogP contribution in [0.1, 0.15) is 45.0 Å². The highest BCUT2D eigenvalue weighted by Gasteiger charge is 2.48. The third-order valence-electron chi connectivity index (χ3n) is 5.86. The van der Waals surface area contributed by atoms with Crippen molar-refractivity contribution in [3.8, 4) is 11.5 Å². The molecule has 3 aromatic rings. The van der Waals surface area contributed by atoms with Crippen LogP contribution in [0.5, 0.6) is 11.5 Å². The number of hydrogen-bond acceptors (Lipinski definition) is 9. The topological polar surface area (TPSA) is 126 Å². The maximum Gasteiger partial charge on any atom is 0.350 e. The first-order valence-corrected chi connectivity index (χ1v) is 12.0. The van der Waals surface area contributed by atoms with Crippen LogP contribution in [0.25, 0.3) is 5.76 Å². The Kier molecular flexibility index (Phi) is 6.99. The Bertz CT molecular complexity index is 1460. The van der Waals surface area contributed by atoms with Crippen molar-refractivity contribution in [3.63, 3.8) is 0 Å². The zero-order valence-corrected chi connectivity index (χ0v) is 21.2. The van der Waals surface area contributed by atoms with Gasteiger partial charge in [0.25, 0.3) is 5.78 Å². The molecule has 2 aromatic carbocycles. The summed E-state index contributed by atoms with van der Waals surface area (Å²) in [4.78, 5) is 44.5. The Morgan fingerprint density at radius 3 is 2.57 bits per heavy atom. The van der Waals surface area contributed by atoms with Crippen LogP contribution in [0.3, 0.4) is 0 Å². The van der Waals surface area contributed by atoms with Gasteiger partial charge in [-0.05, 0) is 50.1 Å². The second-order valence-corrected chi connectivity index (χ2v) is 9.17. The number of carbonyl (C=O) groups is 3. The van der Waals surface area contributed by atoms with Crippen LogP contribution in [-0.2, 0) is 14.3 Å². The molecule has 37 heavy (non-hydrogen) atoms. The Morgan fingerprint density at radius 1 is 1.19 bits per heavy atom. The zero-order chi connectivity index (χ0) is 27.0. The number of methoxy groups -OCH3 is 1. The number of carbonyl (C=O) groups excluding carboxylic acids is 3. The van der Waals surface area contributed by atoms with Crippen LogP contribution < -0.4 is 9.64 Å². The summed E-state index contributed by atoms with van der Waals surface area (Å²) in [7, 11) is 1.33. The Morgan fingerprint density at radius 2 is 1.92 bits per heavy atom. The van der Waals surface area contributed by atoms with Crippen molar-refractivity contribution in [1.82, 2.24) is 4.98 Å². The number of phenols is 1. The van der Waals surface area contributed by atoms with Crippen molar-refractivity contribution in [2.75, 3.05) is 18.6 Å². The monoisotopic (exact) mass is 526 g/mol. The quantitative estimate of drug-likeness (QED) is 0.209. The van der Waals surface area contributed by atoms with E-state index >= 15 is 0 Å². The number of ketones is 1. The molecule has 1 fully saturated rings. The lowest BCUT2D eigenvalue weighted by molar-refractivity contribution is -0.132. The maximum absolute atomic E-state index is 14.3. The van der Waals surface area contributed by atoms with Crippen LogP contribution in [0.2, 0.25) is 0 Å². The minimum atomic E-state index is -1.22. The third-order valence-corrected chi connectivity index (χ3v) is 7.00. The fourth-order valence-electron chi connectivity index (χ4n) is 3.98. The second-order valence-electron chi connectivity index (χ2n) is 8.20. The second kappa shape index (κ2) is 10.0. The number of Topliss-reactive ketones (excluding diaryl/α,β-unsaturated/α-hetero) is 1. The van der Waals surface area contributed by atoms with Crippen LogP contribution in [-0.4, -0.2) is 46.6 Å². The molecule has 4 rings (SSSR count). The van der Waals surface area contributed by atoms with Gasteiger partial charge in [0.1, 0.15) is 16.5 Å². The summed E-state index contributed by atoms with van der Waals surface area (Å²) < 4.78 is 24.5. The van der Waals surface area contributed by atoms with Crippen LogP contribution in [0, 0.1) is 19.7 Å². The number of halogens is 1. The van der Waals surface area contributed by atoms with Gasteiger partial charge in [0.2, 0.25) is 0 Å².